The molecule has 1 aliphatic rings. The normalized spacial score (nSPS) is 16.1. The molecule has 3 aromatic carbocycles. The average molecular weight is 455 g/mol. The maximum atomic E-state index is 12.4. The highest BCUT2D eigenvalue weighted by Gasteiger charge is 2.24. The van der Waals surface area contributed by atoms with Gasteiger partial charge in [0.15, 0.2) is 5.17 Å². The molecule has 1 saturated heterocycles. The molecule has 1 amide bonds. The molecular weight excluding hydrogens is 439 g/mol. The molecule has 0 unspecified atom stereocenters. The van der Waals surface area contributed by atoms with Gasteiger partial charge in [-0.1, -0.05) is 65.7 Å². The van der Waals surface area contributed by atoms with Crippen molar-refractivity contribution in [2.45, 2.75) is 6.61 Å². The van der Waals surface area contributed by atoms with Gasteiger partial charge < -0.3 is 10.1 Å². The molecule has 7 heteroatoms. The number of halogens is 2. The Morgan fingerprint density at radius 2 is 1.80 bits per heavy atom. The number of rotatable bonds is 5. The Morgan fingerprint density at radius 3 is 2.63 bits per heavy atom. The zero-order valence-electron chi connectivity index (χ0n) is 15.6. The summed E-state index contributed by atoms with van der Waals surface area (Å²) < 4.78 is 5.97. The summed E-state index contributed by atoms with van der Waals surface area (Å²) in [6.45, 7) is 0.374. The molecule has 0 radical (unpaired) electrons. The highest BCUT2D eigenvalue weighted by atomic mass is 35.5. The standard InChI is InChI=1S/C23H16Cl2N2O2S/c24-17-8-5-6-15(12-17)14-29-20-11-4-1-7-16(20)13-21-22(28)27-23(30-21)26-19-10-3-2-9-18(19)25/h1-13H,14H2,(H,26,27,28)/b21-13-. The van der Waals surface area contributed by atoms with Crippen LogP contribution < -0.4 is 10.1 Å². The fourth-order valence-corrected chi connectivity index (χ4v) is 4.01. The predicted octanol–water partition coefficient (Wildman–Crippen LogP) is 6.46. The van der Waals surface area contributed by atoms with Gasteiger partial charge in [-0.2, -0.15) is 0 Å². The number of nitrogens with zero attached hydrogens (tertiary/aromatic N) is 1. The fraction of sp³-hybridized carbons (Fsp3) is 0.0435. The molecule has 0 aliphatic carbocycles. The van der Waals surface area contributed by atoms with Crippen molar-refractivity contribution >= 4 is 57.8 Å². The number of para-hydroxylation sites is 2. The van der Waals surface area contributed by atoms with Crippen molar-refractivity contribution in [2.24, 2.45) is 4.99 Å². The second-order valence-corrected chi connectivity index (χ2v) is 8.26. The summed E-state index contributed by atoms with van der Waals surface area (Å²) >= 11 is 13.5. The van der Waals surface area contributed by atoms with Crippen LogP contribution in [0.2, 0.25) is 10.0 Å². The van der Waals surface area contributed by atoms with Gasteiger partial charge in [-0.05, 0) is 53.7 Å². The smallest absolute Gasteiger partial charge is 0.264 e. The van der Waals surface area contributed by atoms with E-state index in [0.29, 0.717) is 38.2 Å². The van der Waals surface area contributed by atoms with Crippen molar-refractivity contribution in [3.05, 3.63) is 98.9 Å². The molecule has 0 spiro atoms. The number of aliphatic imine (C=N–C) groups is 1. The number of hydrogen-bond donors (Lipinski definition) is 1. The van der Waals surface area contributed by atoms with E-state index >= 15 is 0 Å². The third-order valence-electron chi connectivity index (χ3n) is 4.21. The van der Waals surface area contributed by atoms with Crippen LogP contribution in [0, 0.1) is 0 Å². The Labute approximate surface area is 188 Å². The van der Waals surface area contributed by atoms with Crippen molar-refractivity contribution in [3.8, 4) is 5.75 Å². The van der Waals surface area contributed by atoms with Crippen LogP contribution >= 0.6 is 35.0 Å². The van der Waals surface area contributed by atoms with Gasteiger partial charge in [0.25, 0.3) is 5.91 Å². The van der Waals surface area contributed by atoms with Gasteiger partial charge >= 0.3 is 0 Å². The van der Waals surface area contributed by atoms with Crippen LogP contribution in [0.1, 0.15) is 11.1 Å². The predicted molar refractivity (Wildman–Crippen MR) is 124 cm³/mol. The SMILES string of the molecule is O=C1NC(=Nc2ccccc2Cl)S/C1=C\c1ccccc1OCc1cccc(Cl)c1. The quantitative estimate of drug-likeness (QED) is 0.449. The van der Waals surface area contributed by atoms with Gasteiger partial charge in [0.05, 0.1) is 15.6 Å². The Kier molecular flexibility index (Phi) is 6.43. The van der Waals surface area contributed by atoms with Gasteiger partial charge in [0.2, 0.25) is 0 Å². The van der Waals surface area contributed by atoms with Crippen LogP contribution in [-0.4, -0.2) is 11.1 Å². The molecule has 0 atom stereocenters. The van der Waals surface area contributed by atoms with E-state index < -0.39 is 0 Å². The molecule has 1 heterocycles. The number of thioether (sulfide) groups is 1. The van der Waals surface area contributed by atoms with Crippen LogP contribution in [0.3, 0.4) is 0 Å². The topological polar surface area (TPSA) is 50.7 Å². The molecular formula is C23H16Cl2N2O2S. The van der Waals surface area contributed by atoms with E-state index in [1.165, 1.54) is 11.8 Å². The number of amides is 1. The monoisotopic (exact) mass is 454 g/mol. The lowest BCUT2D eigenvalue weighted by Gasteiger charge is -2.09. The molecule has 4 rings (SSSR count). The van der Waals surface area contributed by atoms with Crippen molar-refractivity contribution in [3.63, 3.8) is 0 Å². The molecule has 3 aromatic rings. The first kappa shape index (κ1) is 20.5. The summed E-state index contributed by atoms with van der Waals surface area (Å²) in [5.41, 5.74) is 2.37. The highest BCUT2D eigenvalue weighted by molar-refractivity contribution is 8.18. The minimum Gasteiger partial charge on any atom is -0.488 e. The molecule has 1 aliphatic heterocycles. The molecule has 0 aromatic heterocycles. The van der Waals surface area contributed by atoms with Crippen LogP contribution in [0.4, 0.5) is 5.69 Å². The van der Waals surface area contributed by atoms with Crippen LogP contribution in [0.5, 0.6) is 5.75 Å². The lowest BCUT2D eigenvalue weighted by molar-refractivity contribution is -0.115. The van der Waals surface area contributed by atoms with Gasteiger partial charge in [-0.3, -0.25) is 4.79 Å². The largest absolute Gasteiger partial charge is 0.488 e. The van der Waals surface area contributed by atoms with Gasteiger partial charge in [-0.25, -0.2) is 4.99 Å². The summed E-state index contributed by atoms with van der Waals surface area (Å²) in [4.78, 5) is 17.4. The number of benzene rings is 3. The zero-order chi connectivity index (χ0) is 20.9. The molecule has 1 fully saturated rings. The van der Waals surface area contributed by atoms with E-state index in [4.69, 9.17) is 27.9 Å². The molecule has 4 nitrogen and oxygen atoms in total. The minimum atomic E-state index is -0.213. The zero-order valence-corrected chi connectivity index (χ0v) is 18.0. The van der Waals surface area contributed by atoms with Crippen molar-refractivity contribution in [2.75, 3.05) is 0 Å². The van der Waals surface area contributed by atoms with E-state index in [1.807, 2.05) is 60.7 Å². The van der Waals surface area contributed by atoms with Crippen molar-refractivity contribution in [1.82, 2.24) is 5.32 Å². The summed E-state index contributed by atoms with van der Waals surface area (Å²) in [6, 6.07) is 22.3. The average Bonchev–Trinajstić information content (AvgIpc) is 3.08. The van der Waals surface area contributed by atoms with Crippen LogP contribution in [0.25, 0.3) is 6.08 Å². The summed E-state index contributed by atoms with van der Waals surface area (Å²) in [6.07, 6.45) is 1.79. The first-order valence-corrected chi connectivity index (χ1v) is 10.7. The van der Waals surface area contributed by atoms with E-state index in [1.54, 1.807) is 18.2 Å². The fourth-order valence-electron chi connectivity index (χ4n) is 2.79. The van der Waals surface area contributed by atoms with E-state index in [-0.39, 0.29) is 5.91 Å². The number of amidine groups is 1. The lowest BCUT2D eigenvalue weighted by atomic mass is 10.2. The first-order valence-electron chi connectivity index (χ1n) is 9.09. The Balaban J connectivity index is 1.53. The minimum absolute atomic E-state index is 0.213. The summed E-state index contributed by atoms with van der Waals surface area (Å²) in [5.74, 6) is 0.463. The number of nitrogens with one attached hydrogen (secondary N) is 1. The molecule has 0 bridgehead atoms. The third-order valence-corrected chi connectivity index (χ3v) is 5.68. The second kappa shape index (κ2) is 9.39. The molecule has 30 heavy (non-hydrogen) atoms. The van der Waals surface area contributed by atoms with E-state index in [9.17, 15) is 4.79 Å². The Bertz CT molecular complexity index is 1160. The maximum Gasteiger partial charge on any atom is 0.264 e. The third kappa shape index (κ3) is 5.05. The van der Waals surface area contributed by atoms with E-state index in [0.717, 1.165) is 11.1 Å². The number of ether oxygens (including phenoxy) is 1. The van der Waals surface area contributed by atoms with Crippen molar-refractivity contribution in [1.29, 1.82) is 0 Å². The summed E-state index contributed by atoms with van der Waals surface area (Å²) in [7, 11) is 0. The second-order valence-electron chi connectivity index (χ2n) is 6.39. The first-order chi connectivity index (χ1) is 14.6. The van der Waals surface area contributed by atoms with Crippen LogP contribution in [0.15, 0.2) is 82.7 Å². The summed E-state index contributed by atoms with van der Waals surface area (Å²) in [5, 5.41) is 4.45. The van der Waals surface area contributed by atoms with Gasteiger partial charge in [0, 0.05) is 10.6 Å². The van der Waals surface area contributed by atoms with Crippen LogP contribution in [-0.2, 0) is 11.4 Å². The molecule has 0 saturated carbocycles. The molecule has 1 N–H and O–H groups in total. The lowest BCUT2D eigenvalue weighted by Crippen LogP contribution is -2.19. The van der Waals surface area contributed by atoms with E-state index in [2.05, 4.69) is 10.3 Å². The molecule has 150 valence electrons. The number of carbonyl (C=O) groups is 1. The highest BCUT2D eigenvalue weighted by Crippen LogP contribution is 2.32. The van der Waals surface area contributed by atoms with Crippen molar-refractivity contribution < 1.29 is 9.53 Å². The maximum absolute atomic E-state index is 12.4. The Hall–Kier alpha value is -2.73. The number of carbonyl (C=O) groups excluding carboxylic acids is 1. The van der Waals surface area contributed by atoms with Gasteiger partial charge in [0.1, 0.15) is 12.4 Å². The number of hydrogen-bond acceptors (Lipinski definition) is 4. The Morgan fingerprint density at radius 1 is 1.00 bits per heavy atom. The van der Waals surface area contributed by atoms with Gasteiger partial charge in [-0.15, -0.1) is 0 Å².